The average molecular weight is 503 g/mol. The molecule has 0 aliphatic carbocycles. The Morgan fingerprint density at radius 2 is 1.89 bits per heavy atom. The first-order chi connectivity index (χ1) is 16.5. The van der Waals surface area contributed by atoms with Crippen molar-refractivity contribution in [2.45, 2.75) is 44.0 Å². The molecule has 0 bridgehead atoms. The molecule has 184 valence electrons. The van der Waals surface area contributed by atoms with Gasteiger partial charge in [-0.2, -0.15) is 13.2 Å². The Morgan fingerprint density at radius 3 is 2.54 bits per heavy atom. The van der Waals surface area contributed by atoms with E-state index in [0.717, 1.165) is 10.4 Å². The van der Waals surface area contributed by atoms with E-state index in [1.165, 1.54) is 53.7 Å². The second-order valence-corrected chi connectivity index (χ2v) is 10.1. The third-order valence-electron chi connectivity index (χ3n) is 6.21. The van der Waals surface area contributed by atoms with Crippen molar-refractivity contribution >= 4 is 22.2 Å². The minimum Gasteiger partial charge on any atom is -0.496 e. The summed E-state index contributed by atoms with van der Waals surface area (Å²) < 4.78 is 50.2. The predicted molar refractivity (Wildman–Crippen MR) is 131 cm³/mol. The Labute approximate surface area is 204 Å². The summed E-state index contributed by atoms with van der Waals surface area (Å²) in [5, 5.41) is 13.3. The van der Waals surface area contributed by atoms with Crippen LogP contribution in [-0.4, -0.2) is 33.5 Å². The van der Waals surface area contributed by atoms with E-state index in [2.05, 4.69) is 4.98 Å². The number of fused-ring (bicyclic) bond motifs is 1. The van der Waals surface area contributed by atoms with Crippen molar-refractivity contribution in [3.63, 3.8) is 0 Å². The molecule has 9 heteroatoms. The van der Waals surface area contributed by atoms with E-state index in [0.29, 0.717) is 11.3 Å². The minimum atomic E-state index is -4.94. The molecule has 0 aliphatic heterocycles. The van der Waals surface area contributed by atoms with E-state index in [1.807, 2.05) is 23.6 Å². The van der Waals surface area contributed by atoms with E-state index in [9.17, 15) is 23.1 Å². The van der Waals surface area contributed by atoms with Crippen molar-refractivity contribution in [3.05, 3.63) is 82.2 Å². The maximum atomic E-state index is 14.4. The SMILES string of the molecule is COc1c(-c2cccs2)cccc1C(C)(C)CC(O)(Cn1ccc(=O)c2cnccc21)C(F)(F)F. The second kappa shape index (κ2) is 9.13. The van der Waals surface area contributed by atoms with Crippen molar-refractivity contribution < 1.29 is 23.0 Å². The van der Waals surface area contributed by atoms with Crippen LogP contribution in [0.4, 0.5) is 13.2 Å². The first kappa shape index (κ1) is 24.9. The number of benzene rings is 1. The smallest absolute Gasteiger partial charge is 0.418 e. The molecule has 0 radical (unpaired) electrons. The molecule has 0 spiro atoms. The third-order valence-corrected chi connectivity index (χ3v) is 7.11. The molecule has 5 nitrogen and oxygen atoms in total. The van der Waals surface area contributed by atoms with Crippen molar-refractivity contribution in [1.82, 2.24) is 9.55 Å². The number of aliphatic hydroxyl groups is 1. The minimum absolute atomic E-state index is 0.184. The summed E-state index contributed by atoms with van der Waals surface area (Å²) in [5.41, 5.74) is -2.96. The van der Waals surface area contributed by atoms with Gasteiger partial charge in [0.05, 0.1) is 24.6 Å². The predicted octanol–water partition coefficient (Wildman–Crippen LogP) is 5.79. The molecular weight excluding hydrogens is 477 g/mol. The fourth-order valence-electron chi connectivity index (χ4n) is 4.56. The van der Waals surface area contributed by atoms with Crippen molar-refractivity contribution in [2.75, 3.05) is 7.11 Å². The maximum absolute atomic E-state index is 14.4. The lowest BCUT2D eigenvalue weighted by molar-refractivity contribution is -0.271. The summed E-state index contributed by atoms with van der Waals surface area (Å²) in [5.74, 6) is 0.476. The molecule has 0 saturated carbocycles. The highest BCUT2D eigenvalue weighted by Gasteiger charge is 2.56. The van der Waals surface area contributed by atoms with Gasteiger partial charge in [-0.15, -0.1) is 11.3 Å². The monoisotopic (exact) mass is 502 g/mol. The van der Waals surface area contributed by atoms with Crippen LogP contribution in [0.1, 0.15) is 25.8 Å². The van der Waals surface area contributed by atoms with Gasteiger partial charge in [0.1, 0.15) is 5.75 Å². The van der Waals surface area contributed by atoms with Gasteiger partial charge < -0.3 is 14.4 Å². The van der Waals surface area contributed by atoms with Gasteiger partial charge in [0.15, 0.2) is 11.0 Å². The van der Waals surface area contributed by atoms with E-state index < -0.39 is 30.2 Å². The highest BCUT2D eigenvalue weighted by molar-refractivity contribution is 7.13. The number of nitrogens with zero attached hydrogens (tertiary/aromatic N) is 2. The Morgan fingerprint density at radius 1 is 1.11 bits per heavy atom. The zero-order valence-corrected chi connectivity index (χ0v) is 20.3. The molecule has 0 fully saturated rings. The zero-order chi connectivity index (χ0) is 25.4. The first-order valence-electron chi connectivity index (χ1n) is 10.9. The number of hydrogen-bond acceptors (Lipinski definition) is 5. The number of hydrogen-bond donors (Lipinski definition) is 1. The van der Waals surface area contributed by atoms with Crippen LogP contribution in [0.25, 0.3) is 21.3 Å². The Kier molecular flexibility index (Phi) is 6.50. The van der Waals surface area contributed by atoms with Crippen molar-refractivity contribution in [3.8, 4) is 16.2 Å². The number of alkyl halides is 3. The molecule has 3 heterocycles. The van der Waals surface area contributed by atoms with E-state index in [4.69, 9.17) is 4.74 Å². The Hall–Kier alpha value is -3.17. The third kappa shape index (κ3) is 4.70. The van der Waals surface area contributed by atoms with Crippen LogP contribution in [0, 0.1) is 0 Å². The van der Waals surface area contributed by atoms with Gasteiger partial charge in [0, 0.05) is 40.7 Å². The quantitative estimate of drug-likeness (QED) is 0.347. The molecule has 1 N–H and O–H groups in total. The summed E-state index contributed by atoms with van der Waals surface area (Å²) in [4.78, 5) is 17.0. The molecule has 3 aromatic heterocycles. The average Bonchev–Trinajstić information content (AvgIpc) is 3.34. The largest absolute Gasteiger partial charge is 0.496 e. The molecular formula is C26H25F3N2O3S. The fraction of sp³-hybridized carbons (Fsp3) is 0.308. The highest BCUT2D eigenvalue weighted by atomic mass is 32.1. The van der Waals surface area contributed by atoms with Gasteiger partial charge in [-0.3, -0.25) is 9.78 Å². The number of halogens is 3. The lowest BCUT2D eigenvalue weighted by Gasteiger charge is -2.39. The summed E-state index contributed by atoms with van der Waals surface area (Å²) in [6.07, 6.45) is -1.59. The lowest BCUT2D eigenvalue weighted by atomic mass is 9.74. The molecule has 4 aromatic rings. The molecule has 0 amide bonds. The van der Waals surface area contributed by atoms with Crippen molar-refractivity contribution in [1.29, 1.82) is 0 Å². The number of ether oxygens (including phenoxy) is 1. The second-order valence-electron chi connectivity index (χ2n) is 9.15. The summed E-state index contributed by atoms with van der Waals surface area (Å²) >= 11 is 1.50. The van der Waals surface area contributed by atoms with E-state index >= 15 is 0 Å². The molecule has 1 aromatic carbocycles. The molecule has 0 aliphatic rings. The van der Waals surface area contributed by atoms with Crippen LogP contribution in [0.5, 0.6) is 5.75 Å². The number of para-hydroxylation sites is 1. The fourth-order valence-corrected chi connectivity index (χ4v) is 5.31. The molecule has 1 unspecified atom stereocenters. The topological polar surface area (TPSA) is 64.3 Å². The van der Waals surface area contributed by atoms with Crippen LogP contribution in [0.2, 0.25) is 0 Å². The standard InChI is InChI=1S/C26H25F3N2O3S/c1-24(2,19-7-4-6-17(23(19)34-3)22-8-5-13-35-22)15-25(33,26(27,28)29)16-31-12-10-21(32)18-14-30-11-9-20(18)31/h4-14,33H,15-16H2,1-3H3. The van der Waals surface area contributed by atoms with Gasteiger partial charge in [-0.05, 0) is 35.4 Å². The number of thiophene rings is 1. The number of pyridine rings is 2. The summed E-state index contributed by atoms with van der Waals surface area (Å²) in [7, 11) is 1.49. The summed E-state index contributed by atoms with van der Waals surface area (Å²) in [6, 6.07) is 11.8. The zero-order valence-electron chi connectivity index (χ0n) is 19.5. The van der Waals surface area contributed by atoms with Crippen LogP contribution in [0.15, 0.2) is 71.2 Å². The molecule has 35 heavy (non-hydrogen) atoms. The van der Waals surface area contributed by atoms with E-state index in [1.54, 1.807) is 26.0 Å². The number of methoxy groups -OCH3 is 1. The number of aromatic nitrogens is 2. The van der Waals surface area contributed by atoms with Crippen LogP contribution < -0.4 is 10.2 Å². The van der Waals surface area contributed by atoms with Gasteiger partial charge in [-0.25, -0.2) is 0 Å². The van der Waals surface area contributed by atoms with Gasteiger partial charge >= 0.3 is 6.18 Å². The van der Waals surface area contributed by atoms with Gasteiger partial charge in [0.25, 0.3) is 0 Å². The maximum Gasteiger partial charge on any atom is 0.418 e. The van der Waals surface area contributed by atoms with Crippen LogP contribution in [-0.2, 0) is 12.0 Å². The van der Waals surface area contributed by atoms with Gasteiger partial charge in [-0.1, -0.05) is 32.0 Å². The lowest BCUT2D eigenvalue weighted by Crippen LogP contribution is -2.52. The van der Waals surface area contributed by atoms with E-state index in [-0.39, 0.29) is 16.3 Å². The van der Waals surface area contributed by atoms with Crippen LogP contribution in [0.3, 0.4) is 0 Å². The Bertz CT molecular complexity index is 1400. The molecule has 0 saturated heterocycles. The number of rotatable bonds is 7. The highest BCUT2D eigenvalue weighted by Crippen LogP contribution is 2.47. The van der Waals surface area contributed by atoms with Gasteiger partial charge in [0.2, 0.25) is 0 Å². The normalized spacial score (nSPS) is 14.1. The summed E-state index contributed by atoms with van der Waals surface area (Å²) in [6.45, 7) is 2.54. The van der Waals surface area contributed by atoms with Crippen molar-refractivity contribution in [2.24, 2.45) is 0 Å². The first-order valence-corrected chi connectivity index (χ1v) is 11.8. The molecule has 4 rings (SSSR count). The van der Waals surface area contributed by atoms with Crippen LogP contribution >= 0.6 is 11.3 Å². The Balaban J connectivity index is 1.78. The molecule has 1 atom stereocenters.